The summed E-state index contributed by atoms with van der Waals surface area (Å²) in [5.74, 6) is 0. The van der Waals surface area contributed by atoms with Crippen LogP contribution in [0.15, 0.2) is 24.3 Å². The molecule has 0 heterocycles. The first-order valence-corrected chi connectivity index (χ1v) is 4.49. The molecule has 1 aromatic rings. The summed E-state index contributed by atoms with van der Waals surface area (Å²) < 4.78 is 0. The number of hydrogen-bond donors (Lipinski definition) is 3. The normalized spacial score (nSPS) is 9.57. The highest BCUT2D eigenvalue weighted by Gasteiger charge is 2.02. The lowest BCUT2D eigenvalue weighted by atomic mass is 10.2. The second-order valence-corrected chi connectivity index (χ2v) is 2.89. The Balaban J connectivity index is 2.78. The number of benzene rings is 1. The fourth-order valence-corrected chi connectivity index (χ4v) is 1.17. The Morgan fingerprint density at radius 1 is 1.29 bits per heavy atom. The van der Waals surface area contributed by atoms with Gasteiger partial charge in [-0.3, -0.25) is 0 Å². The van der Waals surface area contributed by atoms with Gasteiger partial charge in [-0.1, -0.05) is 18.2 Å². The largest absolute Gasteiger partial charge is 0.341 e. The fraction of sp³-hybridized carbons (Fsp3) is 0.300. The molecule has 0 saturated heterocycles. The third-order valence-electron chi connectivity index (χ3n) is 1.86. The lowest BCUT2D eigenvalue weighted by Gasteiger charge is -2.09. The molecule has 0 aliphatic carbocycles. The van der Waals surface area contributed by atoms with E-state index in [4.69, 9.17) is 0 Å². The van der Waals surface area contributed by atoms with Crippen LogP contribution < -0.4 is 16.0 Å². The maximum Gasteiger partial charge on any atom is 0.318 e. The average Bonchev–Trinajstić information content (AvgIpc) is 2.21. The van der Waals surface area contributed by atoms with Crippen LogP contribution in [0.25, 0.3) is 0 Å². The quantitative estimate of drug-likeness (QED) is 0.674. The zero-order valence-electron chi connectivity index (χ0n) is 8.42. The zero-order valence-corrected chi connectivity index (χ0v) is 8.42. The van der Waals surface area contributed by atoms with Gasteiger partial charge in [0, 0.05) is 19.3 Å². The van der Waals surface area contributed by atoms with Crippen molar-refractivity contribution in [2.45, 2.75) is 6.54 Å². The van der Waals surface area contributed by atoms with Crippen molar-refractivity contribution in [3.8, 4) is 0 Å². The second kappa shape index (κ2) is 5.24. The predicted octanol–water partition coefficient (Wildman–Crippen LogP) is 1.16. The first-order chi connectivity index (χ1) is 6.77. The molecule has 2 amide bonds. The van der Waals surface area contributed by atoms with Gasteiger partial charge in [0.1, 0.15) is 0 Å². The van der Waals surface area contributed by atoms with E-state index in [0.717, 1.165) is 17.8 Å². The number of rotatable bonds is 3. The monoisotopic (exact) mass is 193 g/mol. The average molecular weight is 193 g/mol. The molecule has 0 aliphatic rings. The topological polar surface area (TPSA) is 53.2 Å². The molecule has 4 nitrogen and oxygen atoms in total. The molecular formula is C10H15N3O. The minimum atomic E-state index is -0.200. The van der Waals surface area contributed by atoms with Crippen molar-refractivity contribution < 1.29 is 4.79 Å². The maximum atomic E-state index is 11.1. The van der Waals surface area contributed by atoms with E-state index >= 15 is 0 Å². The highest BCUT2D eigenvalue weighted by atomic mass is 16.2. The molecule has 0 aromatic heterocycles. The number of carbonyl (C=O) groups is 1. The number of amides is 2. The van der Waals surface area contributed by atoms with Gasteiger partial charge in [-0.25, -0.2) is 4.79 Å². The van der Waals surface area contributed by atoms with Gasteiger partial charge >= 0.3 is 6.03 Å². The Labute approximate surface area is 83.7 Å². The van der Waals surface area contributed by atoms with Crippen molar-refractivity contribution in [2.24, 2.45) is 0 Å². The number of para-hydroxylation sites is 1. The third-order valence-corrected chi connectivity index (χ3v) is 1.86. The molecule has 14 heavy (non-hydrogen) atoms. The first-order valence-electron chi connectivity index (χ1n) is 4.49. The number of nitrogens with one attached hydrogen (secondary N) is 3. The number of carbonyl (C=O) groups excluding carboxylic acids is 1. The van der Waals surface area contributed by atoms with Gasteiger partial charge in [-0.05, 0) is 18.7 Å². The number of urea groups is 1. The lowest BCUT2D eigenvalue weighted by Crippen LogP contribution is -2.25. The Hall–Kier alpha value is -1.55. The van der Waals surface area contributed by atoms with Crippen LogP contribution in [0.4, 0.5) is 10.5 Å². The van der Waals surface area contributed by atoms with Gasteiger partial charge in [-0.2, -0.15) is 0 Å². The van der Waals surface area contributed by atoms with E-state index < -0.39 is 0 Å². The van der Waals surface area contributed by atoms with E-state index in [1.807, 2.05) is 31.3 Å². The minimum absolute atomic E-state index is 0.200. The molecule has 76 valence electrons. The summed E-state index contributed by atoms with van der Waals surface area (Å²) in [7, 11) is 3.46. The van der Waals surface area contributed by atoms with Crippen LogP contribution in [0, 0.1) is 0 Å². The molecule has 3 N–H and O–H groups in total. The summed E-state index contributed by atoms with van der Waals surface area (Å²) in [4.78, 5) is 11.1. The molecule has 1 aromatic carbocycles. The van der Waals surface area contributed by atoms with Crippen LogP contribution in [0.5, 0.6) is 0 Å². The summed E-state index contributed by atoms with van der Waals surface area (Å²) in [6, 6.07) is 7.49. The minimum Gasteiger partial charge on any atom is -0.341 e. The summed E-state index contributed by atoms with van der Waals surface area (Å²) >= 11 is 0. The van der Waals surface area contributed by atoms with Crippen LogP contribution in [0.1, 0.15) is 5.56 Å². The van der Waals surface area contributed by atoms with Crippen LogP contribution in [0.2, 0.25) is 0 Å². The molecule has 0 bridgehead atoms. The molecule has 0 spiro atoms. The predicted molar refractivity (Wildman–Crippen MR) is 57.3 cm³/mol. The summed E-state index contributed by atoms with van der Waals surface area (Å²) in [6.07, 6.45) is 0. The molecular weight excluding hydrogens is 178 g/mol. The number of hydrogen-bond acceptors (Lipinski definition) is 2. The first kappa shape index (κ1) is 10.5. The SMILES string of the molecule is CNCc1ccccc1NC(=O)NC. The highest BCUT2D eigenvalue weighted by molar-refractivity contribution is 5.89. The fourth-order valence-electron chi connectivity index (χ4n) is 1.17. The summed E-state index contributed by atoms with van der Waals surface area (Å²) in [6.45, 7) is 0.736. The molecule has 0 aliphatic heterocycles. The van der Waals surface area contributed by atoms with Crippen molar-refractivity contribution >= 4 is 11.7 Å². The van der Waals surface area contributed by atoms with Gasteiger partial charge in [0.25, 0.3) is 0 Å². The molecule has 4 heteroatoms. The van der Waals surface area contributed by atoms with Gasteiger partial charge in [0.05, 0.1) is 0 Å². The molecule has 0 unspecified atom stereocenters. The Bertz CT molecular complexity index is 312. The zero-order chi connectivity index (χ0) is 10.4. The molecule has 0 fully saturated rings. The van der Waals surface area contributed by atoms with Crippen LogP contribution in [-0.4, -0.2) is 20.1 Å². The molecule has 0 saturated carbocycles. The van der Waals surface area contributed by atoms with Gasteiger partial charge < -0.3 is 16.0 Å². The van der Waals surface area contributed by atoms with E-state index in [0.29, 0.717) is 0 Å². The summed E-state index contributed by atoms with van der Waals surface area (Å²) in [5, 5.41) is 8.31. The van der Waals surface area contributed by atoms with E-state index in [1.165, 1.54) is 0 Å². The van der Waals surface area contributed by atoms with Crippen molar-refractivity contribution in [1.29, 1.82) is 0 Å². The standard InChI is InChI=1S/C10H15N3O/c1-11-7-8-5-3-4-6-9(8)13-10(14)12-2/h3-6,11H,7H2,1-2H3,(H2,12,13,14). The van der Waals surface area contributed by atoms with Crippen molar-refractivity contribution in [3.05, 3.63) is 29.8 Å². The van der Waals surface area contributed by atoms with E-state index in [2.05, 4.69) is 16.0 Å². The van der Waals surface area contributed by atoms with Gasteiger partial charge in [-0.15, -0.1) is 0 Å². The van der Waals surface area contributed by atoms with Gasteiger partial charge in [0.2, 0.25) is 0 Å². The highest BCUT2D eigenvalue weighted by Crippen LogP contribution is 2.14. The van der Waals surface area contributed by atoms with Crippen molar-refractivity contribution in [1.82, 2.24) is 10.6 Å². The maximum absolute atomic E-state index is 11.1. The smallest absolute Gasteiger partial charge is 0.318 e. The van der Waals surface area contributed by atoms with Crippen molar-refractivity contribution in [3.63, 3.8) is 0 Å². The lowest BCUT2D eigenvalue weighted by molar-refractivity contribution is 0.254. The molecule has 0 atom stereocenters. The van der Waals surface area contributed by atoms with Crippen molar-refractivity contribution in [2.75, 3.05) is 19.4 Å². The molecule has 0 radical (unpaired) electrons. The van der Waals surface area contributed by atoms with Crippen LogP contribution in [0.3, 0.4) is 0 Å². The van der Waals surface area contributed by atoms with Crippen LogP contribution >= 0.6 is 0 Å². The Kier molecular flexibility index (Phi) is 3.94. The molecule has 1 rings (SSSR count). The van der Waals surface area contributed by atoms with E-state index in [9.17, 15) is 4.79 Å². The second-order valence-electron chi connectivity index (χ2n) is 2.89. The summed E-state index contributed by atoms with van der Waals surface area (Å²) in [5.41, 5.74) is 1.90. The van der Waals surface area contributed by atoms with Gasteiger partial charge in [0.15, 0.2) is 0 Å². The van der Waals surface area contributed by atoms with E-state index in [-0.39, 0.29) is 6.03 Å². The van der Waals surface area contributed by atoms with E-state index in [1.54, 1.807) is 7.05 Å². The Morgan fingerprint density at radius 2 is 2.00 bits per heavy atom. The third kappa shape index (κ3) is 2.74. The number of anilines is 1. The van der Waals surface area contributed by atoms with Crippen LogP contribution in [-0.2, 0) is 6.54 Å². The Morgan fingerprint density at radius 3 is 2.64 bits per heavy atom.